The van der Waals surface area contributed by atoms with E-state index < -0.39 is 0 Å². The van der Waals surface area contributed by atoms with Crippen LogP contribution in [-0.4, -0.2) is 36.3 Å². The highest BCUT2D eigenvalue weighted by molar-refractivity contribution is 5.81. The zero-order chi connectivity index (χ0) is 19.0. The topological polar surface area (TPSA) is 61.4 Å². The van der Waals surface area contributed by atoms with Gasteiger partial charge in [-0.1, -0.05) is 45.0 Å². The monoisotopic (exact) mass is 359 g/mol. The number of likely N-dealkylation sites (tertiary alicyclic amines) is 1. The number of rotatable bonds is 8. The van der Waals surface area contributed by atoms with Gasteiger partial charge in [-0.15, -0.1) is 0 Å². The van der Waals surface area contributed by atoms with Gasteiger partial charge in [0.2, 0.25) is 11.8 Å². The van der Waals surface area contributed by atoms with Crippen LogP contribution >= 0.6 is 0 Å². The summed E-state index contributed by atoms with van der Waals surface area (Å²) in [5, 5.41) is 5.81. The average Bonchev–Trinajstić information content (AvgIpc) is 3.10. The summed E-state index contributed by atoms with van der Waals surface area (Å²) < 4.78 is 0. The van der Waals surface area contributed by atoms with Gasteiger partial charge in [0.05, 0.1) is 0 Å². The van der Waals surface area contributed by atoms with E-state index in [1.165, 1.54) is 31.5 Å². The van der Waals surface area contributed by atoms with Gasteiger partial charge < -0.3 is 10.6 Å². The second-order valence-corrected chi connectivity index (χ2v) is 8.19. The summed E-state index contributed by atoms with van der Waals surface area (Å²) in [4.78, 5) is 26.1. The first-order chi connectivity index (χ1) is 12.3. The van der Waals surface area contributed by atoms with Gasteiger partial charge in [0, 0.05) is 31.5 Å². The molecule has 5 nitrogen and oxygen atoms in total. The number of nitrogens with zero attached hydrogens (tertiary/aromatic N) is 1. The van der Waals surface area contributed by atoms with E-state index in [0.717, 1.165) is 12.1 Å². The van der Waals surface area contributed by atoms with Crippen LogP contribution in [0.5, 0.6) is 0 Å². The number of benzene rings is 1. The van der Waals surface area contributed by atoms with E-state index in [2.05, 4.69) is 39.8 Å². The van der Waals surface area contributed by atoms with Gasteiger partial charge in [0.25, 0.3) is 0 Å². The molecule has 26 heavy (non-hydrogen) atoms. The molecule has 0 radical (unpaired) electrons. The molecule has 2 rings (SSSR count). The SMILES string of the molecule is CC(C)(C)C(=O)NCCCC(=O)NCc1ccc(CN2CCCC2)cc1. The molecular formula is C21H33N3O2. The molecule has 1 aromatic rings. The van der Waals surface area contributed by atoms with Crippen LogP contribution in [0.3, 0.4) is 0 Å². The second kappa shape index (κ2) is 9.72. The van der Waals surface area contributed by atoms with E-state index in [1.807, 2.05) is 20.8 Å². The lowest BCUT2D eigenvalue weighted by atomic mass is 9.96. The molecule has 0 bridgehead atoms. The molecule has 0 unspecified atom stereocenters. The van der Waals surface area contributed by atoms with Gasteiger partial charge >= 0.3 is 0 Å². The molecule has 0 aromatic heterocycles. The molecule has 1 saturated heterocycles. The molecule has 0 aliphatic carbocycles. The lowest BCUT2D eigenvalue weighted by Crippen LogP contribution is -2.35. The lowest BCUT2D eigenvalue weighted by Gasteiger charge is -2.17. The molecule has 2 N–H and O–H groups in total. The Hall–Kier alpha value is -1.88. The third-order valence-corrected chi connectivity index (χ3v) is 4.66. The van der Waals surface area contributed by atoms with Crippen LogP contribution in [0, 0.1) is 5.41 Å². The maximum Gasteiger partial charge on any atom is 0.225 e. The van der Waals surface area contributed by atoms with Crippen molar-refractivity contribution in [3.63, 3.8) is 0 Å². The molecule has 1 aliphatic rings. The van der Waals surface area contributed by atoms with Crippen LogP contribution in [0.2, 0.25) is 0 Å². The fourth-order valence-electron chi connectivity index (χ4n) is 2.97. The highest BCUT2D eigenvalue weighted by Crippen LogP contribution is 2.14. The quantitative estimate of drug-likeness (QED) is 0.702. The number of amides is 2. The fraction of sp³-hybridized carbons (Fsp3) is 0.619. The Labute approximate surface area is 157 Å². The van der Waals surface area contributed by atoms with Crippen molar-refractivity contribution in [2.75, 3.05) is 19.6 Å². The first-order valence-corrected chi connectivity index (χ1v) is 9.70. The van der Waals surface area contributed by atoms with Crippen LogP contribution in [-0.2, 0) is 22.7 Å². The summed E-state index contributed by atoms with van der Waals surface area (Å²) in [6.07, 6.45) is 3.70. The molecule has 144 valence electrons. The minimum Gasteiger partial charge on any atom is -0.356 e. The minimum atomic E-state index is -0.386. The zero-order valence-corrected chi connectivity index (χ0v) is 16.4. The van der Waals surface area contributed by atoms with Crippen LogP contribution in [0.4, 0.5) is 0 Å². The average molecular weight is 360 g/mol. The number of hydrogen-bond donors (Lipinski definition) is 2. The molecule has 5 heteroatoms. The van der Waals surface area contributed by atoms with E-state index in [4.69, 9.17) is 0 Å². The Kier molecular flexibility index (Phi) is 7.64. The zero-order valence-electron chi connectivity index (χ0n) is 16.4. The number of carbonyl (C=O) groups excluding carboxylic acids is 2. The van der Waals surface area contributed by atoms with Crippen molar-refractivity contribution in [3.8, 4) is 0 Å². The number of carbonyl (C=O) groups is 2. The van der Waals surface area contributed by atoms with Crippen molar-refractivity contribution in [2.45, 2.75) is 59.5 Å². The Morgan fingerprint density at radius 1 is 1.00 bits per heavy atom. The van der Waals surface area contributed by atoms with Crippen molar-refractivity contribution in [3.05, 3.63) is 35.4 Å². The Bertz CT molecular complexity index is 584. The lowest BCUT2D eigenvalue weighted by molar-refractivity contribution is -0.128. The van der Waals surface area contributed by atoms with Gasteiger partial charge in [-0.05, 0) is 43.5 Å². The highest BCUT2D eigenvalue weighted by atomic mass is 16.2. The van der Waals surface area contributed by atoms with E-state index >= 15 is 0 Å². The summed E-state index contributed by atoms with van der Waals surface area (Å²) in [6, 6.07) is 8.49. The van der Waals surface area contributed by atoms with Gasteiger partial charge in [-0.3, -0.25) is 14.5 Å². The first-order valence-electron chi connectivity index (χ1n) is 9.70. The smallest absolute Gasteiger partial charge is 0.225 e. The fourth-order valence-corrected chi connectivity index (χ4v) is 2.97. The molecule has 1 aromatic carbocycles. The summed E-state index contributed by atoms with van der Waals surface area (Å²) >= 11 is 0. The van der Waals surface area contributed by atoms with E-state index in [-0.39, 0.29) is 17.2 Å². The Morgan fingerprint density at radius 2 is 1.62 bits per heavy atom. The Morgan fingerprint density at radius 3 is 2.23 bits per heavy atom. The highest BCUT2D eigenvalue weighted by Gasteiger charge is 2.20. The molecule has 0 atom stereocenters. The van der Waals surface area contributed by atoms with Crippen molar-refractivity contribution in [2.24, 2.45) is 5.41 Å². The summed E-state index contributed by atoms with van der Waals surface area (Å²) in [6.45, 7) is 10.2. The van der Waals surface area contributed by atoms with Crippen LogP contribution in [0.1, 0.15) is 57.6 Å². The normalized spacial score (nSPS) is 15.0. The van der Waals surface area contributed by atoms with Crippen molar-refractivity contribution < 1.29 is 9.59 Å². The molecule has 0 spiro atoms. The summed E-state index contributed by atoms with van der Waals surface area (Å²) in [7, 11) is 0. The number of hydrogen-bond acceptors (Lipinski definition) is 3. The van der Waals surface area contributed by atoms with Gasteiger partial charge in [0.1, 0.15) is 0 Å². The minimum absolute atomic E-state index is 0.0203. The summed E-state index contributed by atoms with van der Waals surface area (Å²) in [5.74, 6) is 0.0445. The third-order valence-electron chi connectivity index (χ3n) is 4.66. The predicted molar refractivity (Wildman–Crippen MR) is 104 cm³/mol. The van der Waals surface area contributed by atoms with E-state index in [1.54, 1.807) is 0 Å². The predicted octanol–water partition coefficient (Wildman–Crippen LogP) is 2.84. The van der Waals surface area contributed by atoms with E-state index in [0.29, 0.717) is 25.9 Å². The standard InChI is InChI=1S/C21H33N3O2/c1-21(2,3)20(26)22-12-6-7-19(25)23-15-17-8-10-18(11-9-17)16-24-13-4-5-14-24/h8-11H,4-7,12-16H2,1-3H3,(H,22,26)(H,23,25). The maximum atomic E-state index is 11.9. The molecule has 1 aliphatic heterocycles. The summed E-state index contributed by atoms with van der Waals surface area (Å²) in [5.41, 5.74) is 2.06. The van der Waals surface area contributed by atoms with Crippen LogP contribution < -0.4 is 10.6 Å². The molecular weight excluding hydrogens is 326 g/mol. The van der Waals surface area contributed by atoms with Crippen LogP contribution in [0.15, 0.2) is 24.3 Å². The largest absolute Gasteiger partial charge is 0.356 e. The van der Waals surface area contributed by atoms with Gasteiger partial charge in [-0.25, -0.2) is 0 Å². The van der Waals surface area contributed by atoms with Crippen molar-refractivity contribution >= 4 is 11.8 Å². The Balaban J connectivity index is 1.62. The van der Waals surface area contributed by atoms with E-state index in [9.17, 15) is 9.59 Å². The first kappa shape index (κ1) is 20.4. The molecule has 1 heterocycles. The third kappa shape index (κ3) is 7.16. The van der Waals surface area contributed by atoms with Crippen molar-refractivity contribution in [1.82, 2.24) is 15.5 Å². The van der Waals surface area contributed by atoms with Gasteiger partial charge in [-0.2, -0.15) is 0 Å². The number of nitrogens with one attached hydrogen (secondary N) is 2. The second-order valence-electron chi connectivity index (χ2n) is 8.19. The molecule has 2 amide bonds. The van der Waals surface area contributed by atoms with Crippen LogP contribution in [0.25, 0.3) is 0 Å². The van der Waals surface area contributed by atoms with Crippen molar-refractivity contribution in [1.29, 1.82) is 0 Å². The van der Waals surface area contributed by atoms with Gasteiger partial charge in [0.15, 0.2) is 0 Å². The maximum absolute atomic E-state index is 11.9. The molecule has 1 fully saturated rings. The molecule has 0 saturated carbocycles.